The molecule has 2 N–H and O–H groups in total. The molecule has 3 heterocycles. The lowest BCUT2D eigenvalue weighted by molar-refractivity contribution is -0.130. The Balaban J connectivity index is 1.52. The Kier molecular flexibility index (Phi) is 5.76. The molecule has 0 atom stereocenters. The Labute approximate surface area is 170 Å². The molecule has 7 heteroatoms. The predicted molar refractivity (Wildman–Crippen MR) is 114 cm³/mol. The molecule has 1 aliphatic carbocycles. The maximum absolute atomic E-state index is 12.7. The van der Waals surface area contributed by atoms with Gasteiger partial charge in [0.05, 0.1) is 11.7 Å². The van der Waals surface area contributed by atoms with Gasteiger partial charge in [-0.1, -0.05) is 12.1 Å². The molecule has 0 radical (unpaired) electrons. The molecular formula is C22H27N5O2. The summed E-state index contributed by atoms with van der Waals surface area (Å²) in [4.78, 5) is 36.2. The number of carbonyl (C=O) groups is 1. The average molecular weight is 393 g/mol. The van der Waals surface area contributed by atoms with Crippen LogP contribution in [-0.2, 0) is 4.79 Å². The minimum absolute atomic E-state index is 0.0269. The van der Waals surface area contributed by atoms with Crippen molar-refractivity contribution in [3.05, 3.63) is 59.2 Å². The number of nitrogens with one attached hydrogen (secondary N) is 2. The van der Waals surface area contributed by atoms with Crippen LogP contribution in [0.2, 0.25) is 0 Å². The molecule has 2 aromatic rings. The third kappa shape index (κ3) is 4.56. The Morgan fingerprint density at radius 2 is 2.21 bits per heavy atom. The molecule has 0 aromatic carbocycles. The number of hydrogen-bond donors (Lipinski definition) is 2. The second kappa shape index (κ2) is 8.61. The summed E-state index contributed by atoms with van der Waals surface area (Å²) in [5.41, 5.74) is 2.30. The van der Waals surface area contributed by atoms with Crippen molar-refractivity contribution in [1.82, 2.24) is 20.2 Å². The second-order valence-corrected chi connectivity index (χ2v) is 7.77. The molecule has 1 aliphatic heterocycles. The van der Waals surface area contributed by atoms with Crippen molar-refractivity contribution in [2.24, 2.45) is 5.92 Å². The van der Waals surface area contributed by atoms with Crippen LogP contribution >= 0.6 is 0 Å². The molecule has 29 heavy (non-hydrogen) atoms. The van der Waals surface area contributed by atoms with E-state index in [1.165, 1.54) is 12.8 Å². The SMILES string of the molecule is CNC/C=C/C(=O)N1CC(N(CC2CC2)c2cc(-c3ccccn3)c[nH]c2=O)C1. The van der Waals surface area contributed by atoms with Crippen LogP contribution in [0, 0.1) is 5.92 Å². The van der Waals surface area contributed by atoms with Gasteiger partial charge in [0.25, 0.3) is 5.56 Å². The number of aromatic nitrogens is 2. The van der Waals surface area contributed by atoms with E-state index < -0.39 is 0 Å². The van der Waals surface area contributed by atoms with Gasteiger partial charge in [0.15, 0.2) is 0 Å². The first-order chi connectivity index (χ1) is 14.2. The van der Waals surface area contributed by atoms with Crippen LogP contribution in [0.15, 0.2) is 53.6 Å². The van der Waals surface area contributed by atoms with Crippen LogP contribution in [0.25, 0.3) is 11.3 Å². The standard InChI is InChI=1S/C22H27N5O2/c1-23-9-4-6-21(28)26-14-18(15-26)27(13-16-7-8-16)20-11-17(12-25-22(20)29)19-5-2-3-10-24-19/h2-6,10-12,16,18,23H,7-9,13-15H2,1H3,(H,25,29)/b6-4+. The minimum Gasteiger partial charge on any atom is -0.360 e. The van der Waals surface area contributed by atoms with E-state index in [-0.39, 0.29) is 17.5 Å². The van der Waals surface area contributed by atoms with Gasteiger partial charge in [-0.2, -0.15) is 0 Å². The highest BCUT2D eigenvalue weighted by Gasteiger charge is 2.37. The van der Waals surface area contributed by atoms with Crippen LogP contribution in [-0.4, -0.2) is 60.0 Å². The van der Waals surface area contributed by atoms with Gasteiger partial charge in [0, 0.05) is 50.2 Å². The van der Waals surface area contributed by atoms with Gasteiger partial charge in [0.1, 0.15) is 5.69 Å². The summed E-state index contributed by atoms with van der Waals surface area (Å²) >= 11 is 0. The lowest BCUT2D eigenvalue weighted by Crippen LogP contribution is -2.62. The summed E-state index contributed by atoms with van der Waals surface area (Å²) in [6.07, 6.45) is 9.32. The highest BCUT2D eigenvalue weighted by Crippen LogP contribution is 2.33. The number of aromatic amines is 1. The molecule has 1 saturated heterocycles. The maximum atomic E-state index is 12.7. The summed E-state index contributed by atoms with van der Waals surface area (Å²) < 4.78 is 0. The molecule has 1 amide bonds. The third-order valence-corrected chi connectivity index (χ3v) is 5.50. The fraction of sp³-hybridized carbons (Fsp3) is 0.409. The fourth-order valence-electron chi connectivity index (χ4n) is 3.60. The lowest BCUT2D eigenvalue weighted by atomic mass is 10.0. The van der Waals surface area contributed by atoms with Gasteiger partial charge in [-0.3, -0.25) is 14.6 Å². The van der Waals surface area contributed by atoms with Gasteiger partial charge in [0.2, 0.25) is 5.91 Å². The number of nitrogens with zero attached hydrogens (tertiary/aromatic N) is 3. The number of rotatable bonds is 8. The third-order valence-electron chi connectivity index (χ3n) is 5.50. The number of likely N-dealkylation sites (tertiary alicyclic amines) is 1. The van der Waals surface area contributed by atoms with Crippen molar-refractivity contribution in [2.45, 2.75) is 18.9 Å². The van der Waals surface area contributed by atoms with E-state index >= 15 is 0 Å². The quantitative estimate of drug-likeness (QED) is 0.667. The van der Waals surface area contributed by atoms with E-state index in [1.807, 2.05) is 42.3 Å². The number of pyridine rings is 2. The minimum atomic E-state index is -0.0935. The summed E-state index contributed by atoms with van der Waals surface area (Å²) in [5.74, 6) is 0.659. The zero-order valence-corrected chi connectivity index (χ0v) is 16.7. The summed E-state index contributed by atoms with van der Waals surface area (Å²) in [6, 6.07) is 7.84. The van der Waals surface area contributed by atoms with E-state index in [0.717, 1.165) is 17.8 Å². The van der Waals surface area contributed by atoms with Crippen LogP contribution in [0.1, 0.15) is 12.8 Å². The fourth-order valence-corrected chi connectivity index (χ4v) is 3.60. The number of H-pyrrole nitrogens is 1. The van der Waals surface area contributed by atoms with E-state index in [9.17, 15) is 9.59 Å². The summed E-state index contributed by atoms with van der Waals surface area (Å²) in [5, 5.41) is 2.99. The summed E-state index contributed by atoms with van der Waals surface area (Å²) in [6.45, 7) is 2.81. The van der Waals surface area contributed by atoms with Gasteiger partial charge in [-0.05, 0) is 44.0 Å². The monoisotopic (exact) mass is 393 g/mol. The molecule has 0 bridgehead atoms. The van der Waals surface area contributed by atoms with E-state index in [1.54, 1.807) is 18.5 Å². The Hall–Kier alpha value is -2.93. The van der Waals surface area contributed by atoms with Crippen molar-refractivity contribution in [3.8, 4) is 11.3 Å². The smallest absolute Gasteiger partial charge is 0.271 e. The maximum Gasteiger partial charge on any atom is 0.271 e. The normalized spacial score (nSPS) is 16.8. The largest absolute Gasteiger partial charge is 0.360 e. The van der Waals surface area contributed by atoms with E-state index in [2.05, 4.69) is 20.2 Å². The number of anilines is 1. The molecule has 0 spiro atoms. The molecule has 2 aromatic heterocycles. The zero-order chi connectivity index (χ0) is 20.2. The zero-order valence-electron chi connectivity index (χ0n) is 16.7. The van der Waals surface area contributed by atoms with Gasteiger partial charge in [-0.15, -0.1) is 0 Å². The molecule has 0 unspecified atom stereocenters. The first-order valence-electron chi connectivity index (χ1n) is 10.2. The molecular weight excluding hydrogens is 366 g/mol. The van der Waals surface area contributed by atoms with Gasteiger partial charge < -0.3 is 20.1 Å². The first-order valence-corrected chi connectivity index (χ1v) is 10.2. The Morgan fingerprint density at radius 3 is 2.90 bits per heavy atom. The first kappa shape index (κ1) is 19.4. The van der Waals surface area contributed by atoms with Crippen LogP contribution in [0.3, 0.4) is 0 Å². The second-order valence-electron chi connectivity index (χ2n) is 7.77. The Morgan fingerprint density at radius 1 is 1.38 bits per heavy atom. The van der Waals surface area contributed by atoms with Crippen molar-refractivity contribution in [1.29, 1.82) is 0 Å². The van der Waals surface area contributed by atoms with Crippen LogP contribution in [0.4, 0.5) is 5.69 Å². The topological polar surface area (TPSA) is 81.3 Å². The Bertz CT molecular complexity index is 930. The number of likely N-dealkylation sites (N-methyl/N-ethyl adjacent to an activating group) is 1. The highest BCUT2D eigenvalue weighted by molar-refractivity contribution is 5.88. The number of carbonyl (C=O) groups excluding carboxylic acids is 1. The molecule has 2 aliphatic rings. The van der Waals surface area contributed by atoms with Crippen molar-refractivity contribution < 1.29 is 4.79 Å². The van der Waals surface area contributed by atoms with E-state index in [4.69, 9.17) is 0 Å². The van der Waals surface area contributed by atoms with Gasteiger partial charge >= 0.3 is 0 Å². The van der Waals surface area contributed by atoms with Crippen LogP contribution in [0.5, 0.6) is 0 Å². The molecule has 4 rings (SSSR count). The van der Waals surface area contributed by atoms with Crippen LogP contribution < -0.4 is 15.8 Å². The molecule has 1 saturated carbocycles. The van der Waals surface area contributed by atoms with E-state index in [0.29, 0.717) is 31.2 Å². The average Bonchev–Trinajstić information content (AvgIpc) is 3.52. The predicted octanol–water partition coefficient (Wildman–Crippen LogP) is 1.64. The molecule has 152 valence electrons. The van der Waals surface area contributed by atoms with Crippen molar-refractivity contribution in [2.75, 3.05) is 38.1 Å². The van der Waals surface area contributed by atoms with Crippen molar-refractivity contribution >= 4 is 11.6 Å². The molecule has 2 fully saturated rings. The summed E-state index contributed by atoms with van der Waals surface area (Å²) in [7, 11) is 1.85. The highest BCUT2D eigenvalue weighted by atomic mass is 16.2. The molecule has 7 nitrogen and oxygen atoms in total. The van der Waals surface area contributed by atoms with Crippen molar-refractivity contribution in [3.63, 3.8) is 0 Å². The number of amides is 1. The number of hydrogen-bond acceptors (Lipinski definition) is 5. The van der Waals surface area contributed by atoms with Gasteiger partial charge in [-0.25, -0.2) is 0 Å². The lowest BCUT2D eigenvalue weighted by Gasteiger charge is -2.46.